The summed E-state index contributed by atoms with van der Waals surface area (Å²) in [5.74, 6) is 0.731. The highest BCUT2D eigenvalue weighted by atomic mass is 28.3. The van der Waals surface area contributed by atoms with Gasteiger partial charge < -0.3 is 0 Å². The van der Waals surface area contributed by atoms with E-state index in [1.54, 1.807) is 0 Å². The zero-order chi connectivity index (χ0) is 28.6. The van der Waals surface area contributed by atoms with Gasteiger partial charge in [-0.1, -0.05) is 164 Å². The molecule has 0 spiro atoms. The zero-order valence-corrected chi connectivity index (χ0v) is 24.6. The quantitative estimate of drug-likeness (QED) is 0.214. The molecule has 0 saturated heterocycles. The number of benzene rings is 6. The van der Waals surface area contributed by atoms with Crippen LogP contribution in [0.3, 0.4) is 0 Å². The van der Waals surface area contributed by atoms with Crippen LogP contribution in [0.15, 0.2) is 170 Å². The third kappa shape index (κ3) is 4.17. The molecule has 0 amide bonds. The van der Waals surface area contributed by atoms with Crippen molar-refractivity contribution in [3.8, 4) is 45.0 Å². The predicted molar refractivity (Wildman–Crippen MR) is 181 cm³/mol. The third-order valence-corrected chi connectivity index (χ3v) is 13.5. The summed E-state index contributed by atoms with van der Waals surface area (Å²) in [4.78, 5) is 10.1. The van der Waals surface area contributed by atoms with E-state index in [-0.39, 0.29) is 0 Å². The Morgan fingerprint density at radius 2 is 0.767 bits per heavy atom. The maximum atomic E-state index is 5.07. The molecule has 6 aromatic carbocycles. The number of fused-ring (bicyclic) bond motifs is 3. The van der Waals surface area contributed by atoms with E-state index < -0.39 is 8.07 Å². The fourth-order valence-corrected chi connectivity index (χ4v) is 11.8. The first kappa shape index (κ1) is 25.3. The summed E-state index contributed by atoms with van der Waals surface area (Å²) in [6, 6.07) is 61.0. The molecule has 0 radical (unpaired) electrons. The van der Waals surface area contributed by atoms with Gasteiger partial charge in [0.25, 0.3) is 0 Å². The first-order valence-corrected chi connectivity index (χ1v) is 16.7. The van der Waals surface area contributed by atoms with E-state index in [1.807, 2.05) is 24.3 Å². The molecule has 3 heteroatoms. The van der Waals surface area contributed by atoms with E-state index >= 15 is 0 Å². The van der Waals surface area contributed by atoms with Gasteiger partial charge in [0.1, 0.15) is 0 Å². The molecule has 7 aromatic rings. The van der Waals surface area contributed by atoms with E-state index in [1.165, 1.54) is 31.9 Å². The van der Waals surface area contributed by atoms with Crippen molar-refractivity contribution in [2.24, 2.45) is 0 Å². The van der Waals surface area contributed by atoms with Gasteiger partial charge in [-0.25, -0.2) is 9.97 Å². The first-order valence-electron chi connectivity index (χ1n) is 14.7. The van der Waals surface area contributed by atoms with Crippen LogP contribution < -0.4 is 20.7 Å². The Hall–Kier alpha value is -5.38. The third-order valence-electron chi connectivity index (χ3n) is 8.60. The van der Waals surface area contributed by atoms with Gasteiger partial charge in [-0.3, -0.25) is 0 Å². The van der Waals surface area contributed by atoms with Gasteiger partial charge in [0.2, 0.25) is 0 Å². The van der Waals surface area contributed by atoms with Gasteiger partial charge in [-0.15, -0.1) is 0 Å². The van der Waals surface area contributed by atoms with Gasteiger partial charge in [0.15, 0.2) is 13.9 Å². The Balaban J connectivity index is 1.31. The average Bonchev–Trinajstić information content (AvgIpc) is 3.40. The molecule has 1 aliphatic rings. The normalized spacial score (nSPS) is 12.8. The molecule has 0 unspecified atom stereocenters. The Labute approximate surface area is 253 Å². The lowest BCUT2D eigenvalue weighted by atomic mass is 10.1. The maximum absolute atomic E-state index is 5.07. The van der Waals surface area contributed by atoms with E-state index in [0.717, 1.165) is 33.9 Å². The largest absolute Gasteiger partial charge is 0.228 e. The molecule has 8 rings (SSSR count). The molecule has 0 aliphatic carbocycles. The van der Waals surface area contributed by atoms with E-state index in [0.29, 0.717) is 0 Å². The lowest BCUT2D eigenvalue weighted by molar-refractivity contribution is 1.18. The van der Waals surface area contributed by atoms with Crippen LogP contribution >= 0.6 is 0 Å². The lowest BCUT2D eigenvalue weighted by Crippen LogP contribution is -2.72. The SMILES string of the molecule is c1ccc(-c2cc(-c3ccc([Si]4(c5ccccc5)c5ccccc5-c5ccccc54)cc3)nc(-c3ccccc3)n2)cc1. The van der Waals surface area contributed by atoms with Crippen LogP contribution in [0, 0.1) is 0 Å². The van der Waals surface area contributed by atoms with Crippen molar-refractivity contribution >= 4 is 28.8 Å². The maximum Gasteiger partial charge on any atom is 0.180 e. The van der Waals surface area contributed by atoms with Crippen LogP contribution in [0.1, 0.15) is 0 Å². The molecular weight excluding hydrogens is 537 g/mol. The zero-order valence-electron chi connectivity index (χ0n) is 23.6. The molecule has 2 heterocycles. The summed E-state index contributed by atoms with van der Waals surface area (Å²) in [5, 5.41) is 5.69. The second kappa shape index (κ2) is 10.5. The highest BCUT2D eigenvalue weighted by molar-refractivity contribution is 7.22. The van der Waals surface area contributed by atoms with Crippen molar-refractivity contribution in [3.05, 3.63) is 170 Å². The van der Waals surface area contributed by atoms with Gasteiger partial charge in [-0.05, 0) is 37.9 Å². The number of hydrogen-bond donors (Lipinski definition) is 0. The Bertz CT molecular complexity index is 1950. The summed E-state index contributed by atoms with van der Waals surface area (Å²) in [6.07, 6.45) is 0. The van der Waals surface area contributed by atoms with Crippen molar-refractivity contribution in [1.82, 2.24) is 9.97 Å². The molecule has 1 aromatic heterocycles. The highest BCUT2D eigenvalue weighted by Gasteiger charge is 2.48. The smallest absolute Gasteiger partial charge is 0.180 e. The van der Waals surface area contributed by atoms with Crippen molar-refractivity contribution in [1.29, 1.82) is 0 Å². The van der Waals surface area contributed by atoms with Crippen molar-refractivity contribution in [2.75, 3.05) is 0 Å². The number of aromatic nitrogens is 2. The summed E-state index contributed by atoms with van der Waals surface area (Å²) in [7, 11) is -2.51. The summed E-state index contributed by atoms with van der Waals surface area (Å²) < 4.78 is 0. The van der Waals surface area contributed by atoms with Crippen LogP contribution in [0.5, 0.6) is 0 Å². The van der Waals surface area contributed by atoms with E-state index in [4.69, 9.17) is 9.97 Å². The number of rotatable bonds is 5. The summed E-state index contributed by atoms with van der Waals surface area (Å²) in [5.41, 5.74) is 7.71. The Kier molecular flexibility index (Phi) is 6.17. The molecule has 202 valence electrons. The summed E-state index contributed by atoms with van der Waals surface area (Å²) in [6.45, 7) is 0. The van der Waals surface area contributed by atoms with Crippen molar-refractivity contribution in [2.45, 2.75) is 0 Å². The van der Waals surface area contributed by atoms with Crippen LogP contribution in [0.25, 0.3) is 45.0 Å². The van der Waals surface area contributed by atoms with Gasteiger partial charge in [0, 0.05) is 16.7 Å². The minimum Gasteiger partial charge on any atom is -0.228 e. The van der Waals surface area contributed by atoms with Crippen LogP contribution in [-0.4, -0.2) is 18.0 Å². The first-order chi connectivity index (χ1) is 21.3. The van der Waals surface area contributed by atoms with Gasteiger partial charge in [0.05, 0.1) is 11.4 Å². The molecular formula is C40H28N2Si. The molecule has 0 bridgehead atoms. The number of nitrogens with zero attached hydrogens (tertiary/aromatic N) is 2. The highest BCUT2D eigenvalue weighted by Crippen LogP contribution is 2.30. The topological polar surface area (TPSA) is 25.8 Å². The van der Waals surface area contributed by atoms with E-state index in [2.05, 4.69) is 146 Å². The van der Waals surface area contributed by atoms with Crippen LogP contribution in [0.2, 0.25) is 0 Å². The molecule has 0 fully saturated rings. The molecule has 0 N–H and O–H groups in total. The predicted octanol–water partition coefficient (Wildman–Crippen LogP) is 6.84. The number of hydrogen-bond acceptors (Lipinski definition) is 2. The summed E-state index contributed by atoms with van der Waals surface area (Å²) >= 11 is 0. The Morgan fingerprint density at radius 3 is 1.33 bits per heavy atom. The second-order valence-corrected chi connectivity index (χ2v) is 14.7. The minimum absolute atomic E-state index is 0.731. The second-order valence-electron chi connectivity index (χ2n) is 11.0. The minimum atomic E-state index is -2.51. The molecule has 0 saturated carbocycles. The average molecular weight is 565 g/mol. The van der Waals surface area contributed by atoms with Crippen LogP contribution in [0.4, 0.5) is 0 Å². The van der Waals surface area contributed by atoms with Gasteiger partial charge >= 0.3 is 0 Å². The van der Waals surface area contributed by atoms with Crippen molar-refractivity contribution in [3.63, 3.8) is 0 Å². The Morgan fingerprint density at radius 1 is 0.349 bits per heavy atom. The monoisotopic (exact) mass is 564 g/mol. The van der Waals surface area contributed by atoms with Gasteiger partial charge in [-0.2, -0.15) is 0 Å². The molecule has 2 nitrogen and oxygen atoms in total. The standard InChI is InChI=1S/C40H28N2Si/c1-4-14-29(15-5-1)36-28-37(42-40(41-36)31-16-6-2-7-17-31)30-24-26-33(27-25-30)43(32-18-8-3-9-19-32)38-22-12-10-20-34(38)35-21-11-13-23-39(35)43/h1-28H. The molecule has 1 aliphatic heterocycles. The van der Waals surface area contributed by atoms with E-state index in [9.17, 15) is 0 Å². The fourth-order valence-electron chi connectivity index (χ4n) is 6.67. The van der Waals surface area contributed by atoms with Crippen molar-refractivity contribution < 1.29 is 0 Å². The molecule has 43 heavy (non-hydrogen) atoms. The molecule has 0 atom stereocenters. The fraction of sp³-hybridized carbons (Fsp3) is 0. The lowest BCUT2D eigenvalue weighted by Gasteiger charge is -2.31. The van der Waals surface area contributed by atoms with Crippen LogP contribution in [-0.2, 0) is 0 Å².